The summed E-state index contributed by atoms with van der Waals surface area (Å²) < 4.78 is 30.7. The Kier molecular flexibility index (Phi) is 5.69. The van der Waals surface area contributed by atoms with E-state index in [-0.39, 0.29) is 38.1 Å². The highest BCUT2D eigenvalue weighted by molar-refractivity contribution is 5.83. The molecule has 6 heteroatoms. The van der Waals surface area contributed by atoms with Crippen LogP contribution in [0.25, 0.3) is 0 Å². The molecule has 0 radical (unpaired) electrons. The first-order valence-corrected chi connectivity index (χ1v) is 6.63. The maximum absolute atomic E-state index is 13.1. The predicted molar refractivity (Wildman–Crippen MR) is 65.8 cm³/mol. The molecule has 1 aliphatic carbocycles. The number of amides is 1. The second-order valence-corrected chi connectivity index (χ2v) is 4.97. The molecule has 0 aromatic heterocycles. The van der Waals surface area contributed by atoms with E-state index in [0.29, 0.717) is 13.0 Å². The van der Waals surface area contributed by atoms with Crippen molar-refractivity contribution in [2.24, 2.45) is 5.92 Å². The Bertz CT molecular complexity index is 324. The zero-order valence-electron chi connectivity index (χ0n) is 11.5. The van der Waals surface area contributed by atoms with Crippen LogP contribution in [0, 0.1) is 5.92 Å². The number of hydrogen-bond donors (Lipinski definition) is 0. The molecule has 0 aliphatic heterocycles. The minimum Gasteiger partial charge on any atom is -0.468 e. The molecule has 1 rings (SSSR count). The molecular weight excluding hydrogens is 256 g/mol. The van der Waals surface area contributed by atoms with Gasteiger partial charge in [0.05, 0.1) is 7.11 Å². The Balaban J connectivity index is 2.59. The normalized spacial score (nSPS) is 18.9. The molecule has 0 bridgehead atoms. The molecule has 1 amide bonds. The van der Waals surface area contributed by atoms with Gasteiger partial charge in [0.15, 0.2) is 0 Å². The third-order valence-electron chi connectivity index (χ3n) is 3.42. The van der Waals surface area contributed by atoms with Gasteiger partial charge in [-0.05, 0) is 19.3 Å². The zero-order valence-corrected chi connectivity index (χ0v) is 11.5. The highest BCUT2D eigenvalue weighted by atomic mass is 19.3. The molecule has 1 aliphatic rings. The monoisotopic (exact) mass is 277 g/mol. The van der Waals surface area contributed by atoms with Gasteiger partial charge in [-0.15, -0.1) is 0 Å². The molecule has 1 fully saturated rings. The molecule has 0 atom stereocenters. The van der Waals surface area contributed by atoms with Crippen LogP contribution in [0.1, 0.15) is 39.0 Å². The Morgan fingerprint density at radius 2 is 1.89 bits per heavy atom. The minimum absolute atomic E-state index is 0.101. The maximum atomic E-state index is 13.1. The Labute approximate surface area is 112 Å². The van der Waals surface area contributed by atoms with Gasteiger partial charge in [-0.2, -0.15) is 0 Å². The summed E-state index contributed by atoms with van der Waals surface area (Å²) in [5.74, 6) is -3.73. The lowest BCUT2D eigenvalue weighted by molar-refractivity contribution is -0.150. The summed E-state index contributed by atoms with van der Waals surface area (Å²) in [7, 11) is 1.26. The number of rotatable bonds is 5. The van der Waals surface area contributed by atoms with Crippen molar-refractivity contribution in [2.75, 3.05) is 20.2 Å². The Morgan fingerprint density at radius 3 is 2.37 bits per heavy atom. The first kappa shape index (κ1) is 15.9. The molecular formula is C13H21F2NO3. The highest BCUT2D eigenvalue weighted by Crippen LogP contribution is 2.36. The van der Waals surface area contributed by atoms with Crippen molar-refractivity contribution in [3.8, 4) is 0 Å². The summed E-state index contributed by atoms with van der Waals surface area (Å²) in [5.41, 5.74) is 0. The van der Waals surface area contributed by atoms with E-state index in [1.807, 2.05) is 6.92 Å². The molecule has 0 aromatic carbocycles. The van der Waals surface area contributed by atoms with E-state index < -0.39 is 17.8 Å². The SMILES string of the molecule is CCCN(CC(=O)OC)C(=O)C1CCC(F)(F)CC1. The molecule has 19 heavy (non-hydrogen) atoms. The number of hydrogen-bond acceptors (Lipinski definition) is 3. The predicted octanol–water partition coefficient (Wildman–Crippen LogP) is 2.22. The number of esters is 1. The van der Waals surface area contributed by atoms with Crippen LogP contribution in [0.15, 0.2) is 0 Å². The summed E-state index contributed by atoms with van der Waals surface area (Å²) >= 11 is 0. The van der Waals surface area contributed by atoms with Crippen molar-refractivity contribution in [3.63, 3.8) is 0 Å². The van der Waals surface area contributed by atoms with E-state index in [1.165, 1.54) is 12.0 Å². The minimum atomic E-state index is -2.64. The second-order valence-electron chi connectivity index (χ2n) is 4.97. The lowest BCUT2D eigenvalue weighted by atomic mass is 9.86. The van der Waals surface area contributed by atoms with E-state index >= 15 is 0 Å². The fourth-order valence-corrected chi connectivity index (χ4v) is 2.30. The van der Waals surface area contributed by atoms with Crippen molar-refractivity contribution in [2.45, 2.75) is 45.0 Å². The third kappa shape index (κ3) is 4.76. The first-order chi connectivity index (χ1) is 8.89. The standard InChI is InChI=1S/C13H21F2NO3/c1-3-8-16(9-11(17)19-2)12(18)10-4-6-13(14,15)7-5-10/h10H,3-9H2,1-2H3. The lowest BCUT2D eigenvalue weighted by Crippen LogP contribution is -2.42. The number of alkyl halides is 2. The van der Waals surface area contributed by atoms with Crippen LogP contribution in [-0.2, 0) is 14.3 Å². The molecule has 4 nitrogen and oxygen atoms in total. The summed E-state index contributed by atoms with van der Waals surface area (Å²) in [6, 6.07) is 0. The van der Waals surface area contributed by atoms with E-state index in [4.69, 9.17) is 0 Å². The topological polar surface area (TPSA) is 46.6 Å². The van der Waals surface area contributed by atoms with Crippen LogP contribution in [0.5, 0.6) is 0 Å². The van der Waals surface area contributed by atoms with Crippen molar-refractivity contribution in [1.82, 2.24) is 4.90 Å². The van der Waals surface area contributed by atoms with Crippen LogP contribution in [0.2, 0.25) is 0 Å². The Morgan fingerprint density at radius 1 is 1.32 bits per heavy atom. The van der Waals surface area contributed by atoms with Gasteiger partial charge in [0.25, 0.3) is 0 Å². The molecule has 0 spiro atoms. The summed E-state index contributed by atoms with van der Waals surface area (Å²) in [6.45, 7) is 2.24. The molecule has 0 aromatic rings. The van der Waals surface area contributed by atoms with Crippen molar-refractivity contribution < 1.29 is 23.1 Å². The van der Waals surface area contributed by atoms with E-state index in [2.05, 4.69) is 4.74 Å². The first-order valence-electron chi connectivity index (χ1n) is 6.63. The molecule has 110 valence electrons. The van der Waals surface area contributed by atoms with E-state index in [0.717, 1.165) is 0 Å². The lowest BCUT2D eigenvalue weighted by Gasteiger charge is -2.31. The van der Waals surface area contributed by atoms with Gasteiger partial charge in [-0.1, -0.05) is 6.92 Å². The molecule has 0 saturated heterocycles. The third-order valence-corrected chi connectivity index (χ3v) is 3.42. The zero-order chi connectivity index (χ0) is 14.5. The van der Waals surface area contributed by atoms with Crippen LogP contribution >= 0.6 is 0 Å². The molecule has 0 N–H and O–H groups in total. The number of carbonyl (C=O) groups is 2. The van der Waals surface area contributed by atoms with Crippen LogP contribution < -0.4 is 0 Å². The maximum Gasteiger partial charge on any atom is 0.325 e. The molecule has 0 heterocycles. The number of halogens is 2. The largest absolute Gasteiger partial charge is 0.468 e. The number of ether oxygens (including phenoxy) is 1. The summed E-state index contributed by atoms with van der Waals surface area (Å²) in [6.07, 6.45) is 0.593. The van der Waals surface area contributed by atoms with Crippen LogP contribution in [-0.4, -0.2) is 42.9 Å². The van der Waals surface area contributed by atoms with Crippen LogP contribution in [0.3, 0.4) is 0 Å². The smallest absolute Gasteiger partial charge is 0.325 e. The van der Waals surface area contributed by atoms with Gasteiger partial charge < -0.3 is 9.64 Å². The number of carbonyl (C=O) groups excluding carboxylic acids is 2. The fraction of sp³-hybridized carbons (Fsp3) is 0.846. The van der Waals surface area contributed by atoms with Crippen molar-refractivity contribution in [3.05, 3.63) is 0 Å². The van der Waals surface area contributed by atoms with Gasteiger partial charge in [-0.25, -0.2) is 8.78 Å². The summed E-state index contributed by atoms with van der Waals surface area (Å²) in [4.78, 5) is 24.9. The van der Waals surface area contributed by atoms with Crippen molar-refractivity contribution in [1.29, 1.82) is 0 Å². The highest BCUT2D eigenvalue weighted by Gasteiger charge is 2.38. The van der Waals surface area contributed by atoms with E-state index in [9.17, 15) is 18.4 Å². The van der Waals surface area contributed by atoms with Gasteiger partial charge in [0.1, 0.15) is 6.54 Å². The van der Waals surface area contributed by atoms with Gasteiger partial charge in [0.2, 0.25) is 11.8 Å². The molecule has 0 unspecified atom stereocenters. The van der Waals surface area contributed by atoms with Crippen molar-refractivity contribution >= 4 is 11.9 Å². The number of nitrogens with zero attached hydrogens (tertiary/aromatic N) is 1. The van der Waals surface area contributed by atoms with Crippen LogP contribution in [0.4, 0.5) is 8.78 Å². The summed E-state index contributed by atoms with van der Waals surface area (Å²) in [5, 5.41) is 0. The van der Waals surface area contributed by atoms with E-state index in [1.54, 1.807) is 0 Å². The van der Waals surface area contributed by atoms with Gasteiger partial charge in [0, 0.05) is 25.3 Å². The molecule has 1 saturated carbocycles. The number of methoxy groups -OCH3 is 1. The van der Waals surface area contributed by atoms with Gasteiger partial charge >= 0.3 is 5.97 Å². The quantitative estimate of drug-likeness (QED) is 0.724. The average molecular weight is 277 g/mol. The average Bonchev–Trinajstić information content (AvgIpc) is 2.37. The fourth-order valence-electron chi connectivity index (χ4n) is 2.30. The Hall–Kier alpha value is -1.20. The van der Waals surface area contributed by atoms with Gasteiger partial charge in [-0.3, -0.25) is 9.59 Å². The second kappa shape index (κ2) is 6.82.